The first-order valence-electron chi connectivity index (χ1n) is 11.7. The van der Waals surface area contributed by atoms with Crippen molar-refractivity contribution in [2.24, 2.45) is 0 Å². The Morgan fingerprint density at radius 1 is 0.690 bits per heavy atom. The number of carbonyl (C=O) groups is 1. The molecule has 0 radical (unpaired) electrons. The van der Waals surface area contributed by atoms with E-state index in [0.29, 0.717) is 19.8 Å². The molecule has 0 rings (SSSR count). The van der Waals surface area contributed by atoms with Crippen LogP contribution in [0.3, 0.4) is 0 Å². The minimum atomic E-state index is -1.22. The molecule has 0 fully saturated rings. The average molecular weight is 420 g/mol. The second-order valence-electron chi connectivity index (χ2n) is 7.68. The van der Waals surface area contributed by atoms with Crippen LogP contribution in [0.5, 0.6) is 0 Å². The van der Waals surface area contributed by atoms with Crippen LogP contribution in [0.4, 0.5) is 0 Å². The molecule has 0 saturated carbocycles. The zero-order chi connectivity index (χ0) is 22.2. The molecule has 0 aromatic heterocycles. The Morgan fingerprint density at radius 3 is 1.41 bits per heavy atom. The van der Waals surface area contributed by atoms with Crippen LogP contribution in [-0.4, -0.2) is 76.8 Å². The number of methoxy groups -OCH3 is 1. The number of hydrogen-bond donors (Lipinski definition) is 0. The van der Waals surface area contributed by atoms with Gasteiger partial charge in [0.25, 0.3) is 0 Å². The number of hydrogen-bond acceptors (Lipinski definition) is 5. The highest BCUT2D eigenvalue weighted by Gasteiger charge is 2.24. The zero-order valence-corrected chi connectivity index (χ0v) is 20.0. The first kappa shape index (κ1) is 30.5. The molecular weight excluding hydrogens is 370 g/mol. The molecule has 0 unspecified atom stereocenters. The van der Waals surface area contributed by atoms with E-state index in [1.807, 2.05) is 0 Å². The summed E-state index contributed by atoms with van der Waals surface area (Å²) >= 11 is 0. The first-order chi connectivity index (χ1) is 14.0. The Morgan fingerprint density at radius 2 is 1.07 bits per heavy atom. The summed E-state index contributed by atoms with van der Waals surface area (Å²) in [6, 6.07) is 0. The van der Waals surface area contributed by atoms with Gasteiger partial charge in [0.15, 0.2) is 0 Å². The first-order valence-corrected chi connectivity index (χ1v) is 11.7. The van der Waals surface area contributed by atoms with Gasteiger partial charge in [-0.1, -0.05) is 53.4 Å². The molecule has 0 bridgehead atoms. The molecule has 6 nitrogen and oxygen atoms in total. The van der Waals surface area contributed by atoms with Crippen molar-refractivity contribution in [2.45, 2.75) is 79.1 Å². The third kappa shape index (κ3) is 21.8. The molecule has 0 heterocycles. The van der Waals surface area contributed by atoms with Crippen LogP contribution in [0.2, 0.25) is 0 Å². The van der Waals surface area contributed by atoms with Gasteiger partial charge in [-0.25, -0.2) is 0 Å². The van der Waals surface area contributed by atoms with Gasteiger partial charge in [0, 0.05) is 7.11 Å². The predicted molar refractivity (Wildman–Crippen MR) is 118 cm³/mol. The highest BCUT2D eigenvalue weighted by Crippen LogP contribution is 2.16. The van der Waals surface area contributed by atoms with E-state index in [2.05, 4.69) is 32.4 Å². The van der Waals surface area contributed by atoms with Gasteiger partial charge in [0.1, 0.15) is 0 Å². The van der Waals surface area contributed by atoms with E-state index in [9.17, 15) is 9.90 Å². The zero-order valence-electron chi connectivity index (χ0n) is 20.0. The summed E-state index contributed by atoms with van der Waals surface area (Å²) in [6.45, 7) is 16.3. The Balaban J connectivity index is 0. The molecule has 29 heavy (non-hydrogen) atoms. The maximum atomic E-state index is 9.84. The summed E-state index contributed by atoms with van der Waals surface area (Å²) < 4.78 is 15.8. The molecule has 0 saturated heterocycles. The Kier molecular flexibility index (Phi) is 24.8. The van der Waals surface area contributed by atoms with E-state index in [0.717, 1.165) is 0 Å². The molecule has 0 N–H and O–H groups in total. The molecular formula is C23H49NO5. The summed E-state index contributed by atoms with van der Waals surface area (Å²) in [5.41, 5.74) is 0. The fraction of sp³-hybridized carbons (Fsp3) is 0.957. The molecule has 0 amide bonds. The number of quaternary nitrogens is 1. The lowest BCUT2D eigenvalue weighted by Gasteiger charge is -2.39. The van der Waals surface area contributed by atoms with E-state index in [4.69, 9.17) is 9.47 Å². The molecule has 0 aliphatic carbocycles. The van der Waals surface area contributed by atoms with Crippen molar-refractivity contribution in [3.8, 4) is 0 Å². The molecule has 176 valence electrons. The van der Waals surface area contributed by atoms with Crippen LogP contribution in [0.25, 0.3) is 0 Å². The Hall–Kier alpha value is -0.690. The summed E-state index contributed by atoms with van der Waals surface area (Å²) in [4.78, 5) is 9.84. The fourth-order valence-corrected chi connectivity index (χ4v) is 3.16. The monoisotopic (exact) mass is 419 g/mol. The van der Waals surface area contributed by atoms with Crippen molar-refractivity contribution in [1.29, 1.82) is 0 Å². The van der Waals surface area contributed by atoms with Gasteiger partial charge in [0.05, 0.1) is 65.2 Å². The number of carboxylic acids is 1. The summed E-state index contributed by atoms with van der Waals surface area (Å²) in [5, 5.41) is 9.84. The van der Waals surface area contributed by atoms with E-state index in [1.54, 1.807) is 7.11 Å². The number of carbonyl (C=O) groups excluding carboxylic acids is 1. The second-order valence-corrected chi connectivity index (χ2v) is 7.68. The predicted octanol–water partition coefficient (Wildman–Crippen LogP) is 3.42. The van der Waals surface area contributed by atoms with Crippen molar-refractivity contribution in [3.05, 3.63) is 0 Å². The number of rotatable bonds is 20. The number of nitrogens with zero attached hydrogens (tertiary/aromatic N) is 1. The molecule has 6 heteroatoms. The molecule has 0 atom stereocenters. The van der Waals surface area contributed by atoms with Crippen LogP contribution in [0.1, 0.15) is 79.1 Å². The van der Waals surface area contributed by atoms with Crippen molar-refractivity contribution in [1.82, 2.24) is 0 Å². The summed E-state index contributed by atoms with van der Waals surface area (Å²) in [5.74, 6) is -1.22. The SMILES string of the molecule is CCCC[N+](CCCC)(CCCC)CCCC.COCCOCCOCC(=O)[O-]. The Bertz CT molecular complexity index is 302. The topological polar surface area (TPSA) is 67.8 Å². The van der Waals surface area contributed by atoms with Crippen molar-refractivity contribution >= 4 is 5.97 Å². The third-order valence-electron chi connectivity index (χ3n) is 4.97. The molecule has 0 spiro atoms. The quantitative estimate of drug-likeness (QED) is 0.223. The molecule has 0 aromatic carbocycles. The van der Waals surface area contributed by atoms with Gasteiger partial charge >= 0.3 is 0 Å². The van der Waals surface area contributed by atoms with Gasteiger partial charge in [-0.15, -0.1) is 0 Å². The smallest absolute Gasteiger partial charge is 0.0862 e. The average Bonchev–Trinajstić information content (AvgIpc) is 2.72. The van der Waals surface area contributed by atoms with Gasteiger partial charge in [-0.05, 0) is 25.7 Å². The van der Waals surface area contributed by atoms with Crippen LogP contribution in [-0.2, 0) is 19.0 Å². The van der Waals surface area contributed by atoms with Gasteiger partial charge in [0.2, 0.25) is 0 Å². The highest BCUT2D eigenvalue weighted by atomic mass is 16.5. The van der Waals surface area contributed by atoms with Crippen molar-refractivity contribution in [3.63, 3.8) is 0 Å². The van der Waals surface area contributed by atoms with Crippen LogP contribution < -0.4 is 5.11 Å². The summed E-state index contributed by atoms with van der Waals surface area (Å²) in [6.07, 6.45) is 11.1. The lowest BCUT2D eigenvalue weighted by Crippen LogP contribution is -2.50. The standard InChI is InChI=1S/C16H36N.C7H14O5/c1-5-9-13-17(14-10-6-2,15-11-7-3)16-12-8-4;1-10-2-3-11-4-5-12-6-7(8)9/h5-16H2,1-4H3;2-6H2,1H3,(H,8,9)/q+1;/p-1. The van der Waals surface area contributed by atoms with E-state index in [1.165, 1.54) is 82.0 Å². The lowest BCUT2D eigenvalue weighted by atomic mass is 10.1. The van der Waals surface area contributed by atoms with Crippen LogP contribution in [0, 0.1) is 0 Å². The number of ether oxygens (including phenoxy) is 3. The highest BCUT2D eigenvalue weighted by molar-refractivity contribution is 5.65. The second kappa shape index (κ2) is 23.6. The van der Waals surface area contributed by atoms with Crippen molar-refractivity contribution in [2.75, 3.05) is 66.3 Å². The molecule has 0 aliphatic heterocycles. The number of aliphatic carboxylic acids is 1. The van der Waals surface area contributed by atoms with E-state index in [-0.39, 0.29) is 13.2 Å². The number of carboxylic acid groups (broad SMARTS) is 1. The third-order valence-corrected chi connectivity index (χ3v) is 4.97. The Labute approximate surface area is 180 Å². The normalized spacial score (nSPS) is 11.2. The van der Waals surface area contributed by atoms with Crippen molar-refractivity contribution < 1.29 is 28.6 Å². The van der Waals surface area contributed by atoms with Crippen LogP contribution >= 0.6 is 0 Å². The molecule has 0 aliphatic rings. The van der Waals surface area contributed by atoms with E-state index >= 15 is 0 Å². The minimum absolute atomic E-state index is 0.262. The van der Waals surface area contributed by atoms with Gasteiger partial charge in [-0.2, -0.15) is 0 Å². The maximum absolute atomic E-state index is 9.84. The van der Waals surface area contributed by atoms with Crippen LogP contribution in [0.15, 0.2) is 0 Å². The fourth-order valence-electron chi connectivity index (χ4n) is 3.16. The molecule has 0 aromatic rings. The van der Waals surface area contributed by atoms with Gasteiger partial charge in [-0.3, -0.25) is 0 Å². The van der Waals surface area contributed by atoms with Gasteiger partial charge < -0.3 is 28.6 Å². The maximum Gasteiger partial charge on any atom is 0.0862 e. The summed E-state index contributed by atoms with van der Waals surface area (Å²) in [7, 11) is 1.58. The largest absolute Gasteiger partial charge is 0.548 e. The number of unbranched alkanes of at least 4 members (excludes halogenated alkanes) is 4. The minimum Gasteiger partial charge on any atom is -0.548 e. The van der Waals surface area contributed by atoms with E-state index < -0.39 is 5.97 Å². The lowest BCUT2D eigenvalue weighted by molar-refractivity contribution is -0.929.